The summed E-state index contributed by atoms with van der Waals surface area (Å²) in [5, 5.41) is 4.77. The number of hydrogen-bond acceptors (Lipinski definition) is 3. The number of aryl methyl sites for hydroxylation is 4. The number of rotatable bonds is 3. The second-order valence-corrected chi connectivity index (χ2v) is 7.20. The Bertz CT molecular complexity index is 810. The molecular formula is C14H18ClN3O2S. The molecule has 7 heteroatoms. The molecule has 0 unspecified atom stereocenters. The van der Waals surface area contributed by atoms with Crippen molar-refractivity contribution in [3.8, 4) is 0 Å². The maximum absolute atomic E-state index is 12.6. The number of nitrogens with zero attached hydrogens (tertiary/aromatic N) is 2. The normalized spacial score (nSPS) is 11.7. The summed E-state index contributed by atoms with van der Waals surface area (Å²) >= 11 is 6.02. The van der Waals surface area contributed by atoms with E-state index in [9.17, 15) is 8.42 Å². The molecule has 0 spiro atoms. The summed E-state index contributed by atoms with van der Waals surface area (Å²) in [7, 11) is -1.90. The van der Waals surface area contributed by atoms with Crippen molar-refractivity contribution < 1.29 is 8.42 Å². The van der Waals surface area contributed by atoms with E-state index in [1.807, 2.05) is 6.92 Å². The molecule has 1 aromatic carbocycles. The first-order valence-corrected chi connectivity index (χ1v) is 8.29. The fraction of sp³-hybridized carbons (Fsp3) is 0.357. The van der Waals surface area contributed by atoms with Crippen molar-refractivity contribution in [2.75, 3.05) is 4.72 Å². The number of sulfonamides is 1. The van der Waals surface area contributed by atoms with Gasteiger partial charge in [-0.3, -0.25) is 9.40 Å². The minimum atomic E-state index is -3.68. The summed E-state index contributed by atoms with van der Waals surface area (Å²) < 4.78 is 29.5. The molecule has 0 aliphatic heterocycles. The molecule has 0 saturated carbocycles. The largest absolute Gasteiger partial charge is 0.276 e. The van der Waals surface area contributed by atoms with Gasteiger partial charge in [0.1, 0.15) is 0 Å². The van der Waals surface area contributed by atoms with Crippen LogP contribution in [0.5, 0.6) is 0 Å². The van der Waals surface area contributed by atoms with Gasteiger partial charge in [-0.15, -0.1) is 0 Å². The molecule has 2 rings (SSSR count). The van der Waals surface area contributed by atoms with Gasteiger partial charge in [0, 0.05) is 12.1 Å². The van der Waals surface area contributed by atoms with Gasteiger partial charge >= 0.3 is 0 Å². The van der Waals surface area contributed by atoms with Crippen molar-refractivity contribution in [1.82, 2.24) is 9.78 Å². The van der Waals surface area contributed by atoms with Gasteiger partial charge in [0.05, 0.1) is 22.0 Å². The molecule has 5 nitrogen and oxygen atoms in total. The highest BCUT2D eigenvalue weighted by atomic mass is 35.5. The number of nitrogens with one attached hydrogen (secondary N) is 1. The molecule has 0 saturated heterocycles. The molecule has 0 amide bonds. The average Bonchev–Trinajstić information content (AvgIpc) is 2.60. The Morgan fingerprint density at radius 2 is 1.76 bits per heavy atom. The van der Waals surface area contributed by atoms with Crippen LogP contribution >= 0.6 is 11.6 Å². The molecule has 114 valence electrons. The van der Waals surface area contributed by atoms with Crippen molar-refractivity contribution in [2.24, 2.45) is 7.05 Å². The third kappa shape index (κ3) is 2.91. The predicted octanol–water partition coefficient (Wildman–Crippen LogP) is 3.11. The molecule has 0 bridgehead atoms. The van der Waals surface area contributed by atoms with Gasteiger partial charge < -0.3 is 0 Å². The Labute approximate surface area is 130 Å². The zero-order chi connectivity index (χ0) is 15.9. The van der Waals surface area contributed by atoms with E-state index in [4.69, 9.17) is 11.6 Å². The minimum Gasteiger partial charge on any atom is -0.276 e. The van der Waals surface area contributed by atoms with Gasteiger partial charge in [-0.1, -0.05) is 11.6 Å². The lowest BCUT2D eigenvalue weighted by Gasteiger charge is -2.12. The molecule has 1 aromatic heterocycles. The summed E-state index contributed by atoms with van der Waals surface area (Å²) in [6, 6.07) is 3.25. The van der Waals surface area contributed by atoms with E-state index >= 15 is 0 Å². The number of hydrogen-bond donors (Lipinski definition) is 1. The first kappa shape index (κ1) is 15.9. The fourth-order valence-corrected chi connectivity index (χ4v) is 3.86. The van der Waals surface area contributed by atoms with Gasteiger partial charge in [-0.05, 0) is 51.0 Å². The van der Waals surface area contributed by atoms with E-state index < -0.39 is 10.0 Å². The highest BCUT2D eigenvalue weighted by molar-refractivity contribution is 7.92. The molecule has 21 heavy (non-hydrogen) atoms. The van der Waals surface area contributed by atoms with Gasteiger partial charge in [-0.25, -0.2) is 8.42 Å². The van der Waals surface area contributed by atoms with Crippen LogP contribution in [-0.2, 0) is 17.1 Å². The van der Waals surface area contributed by atoms with E-state index in [1.54, 1.807) is 44.6 Å². The van der Waals surface area contributed by atoms with E-state index in [0.717, 1.165) is 11.3 Å². The quantitative estimate of drug-likeness (QED) is 0.942. The van der Waals surface area contributed by atoms with Gasteiger partial charge in [0.2, 0.25) is 0 Å². The van der Waals surface area contributed by atoms with Crippen LogP contribution in [0.1, 0.15) is 22.5 Å². The van der Waals surface area contributed by atoms with Crippen LogP contribution in [0.2, 0.25) is 5.02 Å². The second kappa shape index (κ2) is 5.35. The average molecular weight is 328 g/mol. The second-order valence-electron chi connectivity index (χ2n) is 5.14. The minimum absolute atomic E-state index is 0.229. The number of anilines is 1. The summed E-state index contributed by atoms with van der Waals surface area (Å²) in [5.74, 6) is 0. The SMILES string of the molecule is Cc1cc(S(=O)(=O)Nc2c(C)nn(C)c2C)c(C)cc1Cl. The Morgan fingerprint density at radius 1 is 1.14 bits per heavy atom. The molecule has 1 heterocycles. The molecule has 0 aliphatic carbocycles. The van der Waals surface area contributed by atoms with E-state index in [0.29, 0.717) is 22.0 Å². The topological polar surface area (TPSA) is 64.0 Å². The summed E-state index contributed by atoms with van der Waals surface area (Å²) in [5.41, 5.74) is 3.25. The maximum atomic E-state index is 12.6. The van der Waals surface area contributed by atoms with Gasteiger partial charge in [0.25, 0.3) is 10.0 Å². The Morgan fingerprint density at radius 3 is 2.29 bits per heavy atom. The first-order valence-electron chi connectivity index (χ1n) is 6.43. The van der Waals surface area contributed by atoms with Crippen LogP contribution in [0.3, 0.4) is 0 Å². The Kier molecular flexibility index (Phi) is 4.04. The molecule has 2 aromatic rings. The van der Waals surface area contributed by atoms with Gasteiger partial charge in [-0.2, -0.15) is 5.10 Å². The number of aromatic nitrogens is 2. The standard InChI is InChI=1S/C14H18ClN3O2S/c1-8-7-13(9(2)6-12(8)15)21(19,20)17-14-10(3)16-18(5)11(14)4/h6-7,17H,1-5H3. The molecule has 0 fully saturated rings. The highest BCUT2D eigenvalue weighted by Gasteiger charge is 2.21. The molecular weight excluding hydrogens is 310 g/mol. The van der Waals surface area contributed by atoms with E-state index in [2.05, 4.69) is 9.82 Å². The third-order valence-electron chi connectivity index (χ3n) is 3.49. The predicted molar refractivity (Wildman–Crippen MR) is 84.4 cm³/mol. The van der Waals surface area contributed by atoms with E-state index in [-0.39, 0.29) is 4.90 Å². The number of halogens is 1. The molecule has 0 aliphatic rings. The van der Waals surface area contributed by atoms with Crippen molar-refractivity contribution in [2.45, 2.75) is 32.6 Å². The smallest absolute Gasteiger partial charge is 0.262 e. The van der Waals surface area contributed by atoms with Crippen LogP contribution in [0, 0.1) is 27.7 Å². The first-order chi connectivity index (χ1) is 9.63. The zero-order valence-electron chi connectivity index (χ0n) is 12.7. The lowest BCUT2D eigenvalue weighted by atomic mass is 10.2. The Hall–Kier alpha value is -1.53. The lowest BCUT2D eigenvalue weighted by molar-refractivity contribution is 0.600. The lowest BCUT2D eigenvalue weighted by Crippen LogP contribution is -2.15. The van der Waals surface area contributed by atoms with Crippen molar-refractivity contribution in [3.05, 3.63) is 39.7 Å². The molecule has 0 radical (unpaired) electrons. The number of benzene rings is 1. The summed E-state index contributed by atoms with van der Waals surface area (Å²) in [6.07, 6.45) is 0. The molecule has 0 atom stereocenters. The Balaban J connectivity index is 2.51. The monoisotopic (exact) mass is 327 g/mol. The van der Waals surface area contributed by atoms with Crippen LogP contribution in [0.15, 0.2) is 17.0 Å². The third-order valence-corrected chi connectivity index (χ3v) is 5.39. The van der Waals surface area contributed by atoms with Crippen molar-refractivity contribution in [1.29, 1.82) is 0 Å². The summed E-state index contributed by atoms with van der Waals surface area (Å²) in [6.45, 7) is 7.09. The van der Waals surface area contributed by atoms with Crippen molar-refractivity contribution in [3.63, 3.8) is 0 Å². The van der Waals surface area contributed by atoms with Crippen LogP contribution in [0.4, 0.5) is 5.69 Å². The van der Waals surface area contributed by atoms with Gasteiger partial charge in [0.15, 0.2) is 0 Å². The summed E-state index contributed by atoms with van der Waals surface area (Å²) in [4.78, 5) is 0.229. The van der Waals surface area contributed by atoms with Crippen LogP contribution in [-0.4, -0.2) is 18.2 Å². The molecule has 1 N–H and O–H groups in total. The zero-order valence-corrected chi connectivity index (χ0v) is 14.2. The van der Waals surface area contributed by atoms with Crippen LogP contribution in [0.25, 0.3) is 0 Å². The van der Waals surface area contributed by atoms with Crippen molar-refractivity contribution >= 4 is 27.3 Å². The van der Waals surface area contributed by atoms with E-state index in [1.165, 1.54) is 0 Å². The maximum Gasteiger partial charge on any atom is 0.262 e. The fourth-order valence-electron chi connectivity index (χ4n) is 2.15. The highest BCUT2D eigenvalue weighted by Crippen LogP contribution is 2.27. The van der Waals surface area contributed by atoms with Crippen LogP contribution < -0.4 is 4.72 Å².